The third kappa shape index (κ3) is 2.70. The summed E-state index contributed by atoms with van der Waals surface area (Å²) in [4.78, 5) is 16.3. The van der Waals surface area contributed by atoms with Crippen molar-refractivity contribution in [2.24, 2.45) is 0 Å². The Balaban J connectivity index is 2.12. The van der Waals surface area contributed by atoms with Gasteiger partial charge in [-0.05, 0) is 37.5 Å². The number of carbonyl (C=O) groups excluding carboxylic acids is 1. The Labute approximate surface area is 135 Å². The van der Waals surface area contributed by atoms with Gasteiger partial charge in [-0.3, -0.25) is 9.78 Å². The molecule has 1 aliphatic rings. The number of rotatable bonds is 3. The topological polar surface area (TPSA) is 76.6 Å². The molecule has 1 fully saturated rings. The van der Waals surface area contributed by atoms with E-state index >= 15 is 0 Å². The van der Waals surface area contributed by atoms with Gasteiger partial charge in [0.25, 0.3) is 0 Å². The van der Waals surface area contributed by atoms with Gasteiger partial charge in [-0.25, -0.2) is 8.42 Å². The quantitative estimate of drug-likeness (QED) is 0.801. The van der Waals surface area contributed by atoms with Crippen LogP contribution in [-0.4, -0.2) is 43.4 Å². The third-order valence-corrected chi connectivity index (χ3v) is 6.01. The average Bonchev–Trinajstić information content (AvgIpc) is 3.03. The smallest absolute Gasteiger partial charge is 0.324 e. The van der Waals surface area contributed by atoms with Crippen molar-refractivity contribution in [3.05, 3.63) is 36.0 Å². The van der Waals surface area contributed by atoms with Crippen molar-refractivity contribution >= 4 is 26.9 Å². The second kappa shape index (κ2) is 5.90. The number of aryl methyl sites for hydroxylation is 1. The number of nitrogens with zero attached hydrogens (tertiary/aromatic N) is 2. The van der Waals surface area contributed by atoms with Crippen LogP contribution in [0.3, 0.4) is 0 Å². The summed E-state index contributed by atoms with van der Waals surface area (Å²) in [6.07, 6.45) is 2.75. The van der Waals surface area contributed by atoms with Crippen LogP contribution in [0.2, 0.25) is 0 Å². The SMILES string of the molecule is COC(=O)[C@H]1CCCN1S(=O)(=O)c1cccc2cc(C)cnc12. The number of ether oxygens (including phenoxy) is 1. The molecule has 6 nitrogen and oxygen atoms in total. The Morgan fingerprint density at radius 2 is 2.17 bits per heavy atom. The van der Waals surface area contributed by atoms with E-state index in [1.54, 1.807) is 12.3 Å². The number of hydrogen-bond acceptors (Lipinski definition) is 5. The van der Waals surface area contributed by atoms with E-state index in [2.05, 4.69) is 4.98 Å². The van der Waals surface area contributed by atoms with E-state index in [0.29, 0.717) is 24.9 Å². The Morgan fingerprint density at radius 1 is 1.39 bits per heavy atom. The highest BCUT2D eigenvalue weighted by molar-refractivity contribution is 7.89. The highest BCUT2D eigenvalue weighted by Crippen LogP contribution is 2.30. The van der Waals surface area contributed by atoms with E-state index in [1.807, 2.05) is 19.1 Å². The van der Waals surface area contributed by atoms with Crippen LogP contribution < -0.4 is 0 Å². The summed E-state index contributed by atoms with van der Waals surface area (Å²) in [5.41, 5.74) is 1.38. The van der Waals surface area contributed by atoms with E-state index in [4.69, 9.17) is 4.74 Å². The Kier molecular flexibility index (Phi) is 4.08. The van der Waals surface area contributed by atoms with Crippen LogP contribution in [0, 0.1) is 6.92 Å². The number of aromatic nitrogens is 1. The highest BCUT2D eigenvalue weighted by atomic mass is 32.2. The van der Waals surface area contributed by atoms with Gasteiger partial charge in [-0.15, -0.1) is 0 Å². The van der Waals surface area contributed by atoms with Crippen molar-refractivity contribution in [1.29, 1.82) is 0 Å². The normalized spacial score (nSPS) is 19.1. The van der Waals surface area contributed by atoms with Gasteiger partial charge in [0.2, 0.25) is 10.0 Å². The summed E-state index contributed by atoms with van der Waals surface area (Å²) >= 11 is 0. The first kappa shape index (κ1) is 15.9. The number of esters is 1. The molecule has 7 heteroatoms. The molecule has 1 aliphatic heterocycles. The number of methoxy groups -OCH3 is 1. The van der Waals surface area contributed by atoms with E-state index < -0.39 is 22.0 Å². The summed E-state index contributed by atoms with van der Waals surface area (Å²) in [5, 5.41) is 0.764. The summed E-state index contributed by atoms with van der Waals surface area (Å²) in [6.45, 7) is 2.21. The molecule has 0 unspecified atom stereocenters. The largest absolute Gasteiger partial charge is 0.468 e. The van der Waals surface area contributed by atoms with Crippen LogP contribution in [-0.2, 0) is 19.6 Å². The number of carbonyl (C=O) groups is 1. The molecule has 1 aromatic carbocycles. The zero-order chi connectivity index (χ0) is 16.6. The minimum absolute atomic E-state index is 0.130. The number of benzene rings is 1. The molecule has 1 aromatic heterocycles. The molecule has 0 spiro atoms. The van der Waals surface area contributed by atoms with Crippen LogP contribution in [0.25, 0.3) is 10.9 Å². The molecule has 3 rings (SSSR count). The van der Waals surface area contributed by atoms with Crippen molar-refractivity contribution in [3.8, 4) is 0 Å². The van der Waals surface area contributed by atoms with Gasteiger partial charge in [-0.2, -0.15) is 4.31 Å². The molecule has 0 radical (unpaired) electrons. The first-order valence-corrected chi connectivity index (χ1v) is 8.84. The van der Waals surface area contributed by atoms with E-state index in [0.717, 1.165) is 10.9 Å². The van der Waals surface area contributed by atoms with Gasteiger partial charge in [-0.1, -0.05) is 12.1 Å². The monoisotopic (exact) mass is 334 g/mol. The number of pyridine rings is 1. The zero-order valence-corrected chi connectivity index (χ0v) is 13.8. The first-order valence-electron chi connectivity index (χ1n) is 7.40. The molecule has 1 atom stereocenters. The zero-order valence-electron chi connectivity index (χ0n) is 13.0. The van der Waals surface area contributed by atoms with Gasteiger partial charge in [0.15, 0.2) is 0 Å². The predicted octanol–water partition coefficient (Wildman–Crippen LogP) is 1.87. The molecule has 122 valence electrons. The van der Waals surface area contributed by atoms with Crippen LogP contribution in [0.1, 0.15) is 18.4 Å². The van der Waals surface area contributed by atoms with Gasteiger partial charge >= 0.3 is 5.97 Å². The molecule has 23 heavy (non-hydrogen) atoms. The number of hydrogen-bond donors (Lipinski definition) is 0. The lowest BCUT2D eigenvalue weighted by molar-refractivity contribution is -0.144. The number of sulfonamides is 1. The van der Waals surface area contributed by atoms with Crippen molar-refractivity contribution < 1.29 is 17.9 Å². The predicted molar refractivity (Wildman–Crippen MR) is 85.4 cm³/mol. The van der Waals surface area contributed by atoms with E-state index in [1.165, 1.54) is 17.5 Å². The van der Waals surface area contributed by atoms with Gasteiger partial charge < -0.3 is 4.74 Å². The fraction of sp³-hybridized carbons (Fsp3) is 0.375. The van der Waals surface area contributed by atoms with Crippen molar-refractivity contribution in [2.45, 2.75) is 30.7 Å². The summed E-state index contributed by atoms with van der Waals surface area (Å²) in [6, 6.07) is 6.19. The second-order valence-electron chi connectivity index (χ2n) is 5.64. The molecule has 2 aromatic rings. The maximum atomic E-state index is 13.0. The molecule has 0 N–H and O–H groups in total. The lowest BCUT2D eigenvalue weighted by atomic mass is 10.2. The molecular formula is C16H18N2O4S. The molecule has 0 amide bonds. The van der Waals surface area contributed by atoms with E-state index in [-0.39, 0.29) is 4.90 Å². The number of para-hydroxylation sites is 1. The second-order valence-corrected chi connectivity index (χ2v) is 7.50. The van der Waals surface area contributed by atoms with Crippen LogP contribution in [0.4, 0.5) is 0 Å². The molecular weight excluding hydrogens is 316 g/mol. The Bertz CT molecular complexity index is 864. The van der Waals surface area contributed by atoms with Crippen molar-refractivity contribution in [2.75, 3.05) is 13.7 Å². The Hall–Kier alpha value is -1.99. The number of fused-ring (bicyclic) bond motifs is 1. The van der Waals surface area contributed by atoms with Crippen LogP contribution in [0.15, 0.2) is 35.4 Å². The van der Waals surface area contributed by atoms with Gasteiger partial charge in [0.1, 0.15) is 10.9 Å². The minimum atomic E-state index is -3.81. The molecule has 1 saturated heterocycles. The maximum Gasteiger partial charge on any atom is 0.324 e. The summed E-state index contributed by atoms with van der Waals surface area (Å²) in [5.74, 6) is -0.518. The third-order valence-electron chi connectivity index (χ3n) is 4.07. The van der Waals surface area contributed by atoms with Gasteiger partial charge in [0, 0.05) is 18.1 Å². The summed E-state index contributed by atoms with van der Waals surface area (Å²) in [7, 11) is -2.54. The lowest BCUT2D eigenvalue weighted by Gasteiger charge is -2.22. The molecule has 0 aliphatic carbocycles. The van der Waals surface area contributed by atoms with Crippen LogP contribution >= 0.6 is 0 Å². The fourth-order valence-electron chi connectivity index (χ4n) is 2.98. The van der Waals surface area contributed by atoms with Gasteiger partial charge in [0.05, 0.1) is 12.6 Å². The molecule has 0 saturated carbocycles. The lowest BCUT2D eigenvalue weighted by Crippen LogP contribution is -2.41. The standard InChI is InChI=1S/C16H18N2O4S/c1-11-9-12-5-3-7-14(15(12)17-10-11)23(20,21)18-8-4-6-13(18)16(19)22-2/h3,5,7,9-10,13H,4,6,8H2,1-2H3/t13-/m1/s1. The van der Waals surface area contributed by atoms with Crippen molar-refractivity contribution in [3.63, 3.8) is 0 Å². The molecule has 0 bridgehead atoms. The fourth-order valence-corrected chi connectivity index (χ4v) is 4.79. The first-order chi connectivity index (χ1) is 10.9. The maximum absolute atomic E-state index is 13.0. The van der Waals surface area contributed by atoms with Crippen molar-refractivity contribution in [1.82, 2.24) is 9.29 Å². The highest BCUT2D eigenvalue weighted by Gasteiger charge is 2.40. The summed E-state index contributed by atoms with van der Waals surface area (Å²) < 4.78 is 32.1. The minimum Gasteiger partial charge on any atom is -0.468 e. The average molecular weight is 334 g/mol. The van der Waals surface area contributed by atoms with Crippen LogP contribution in [0.5, 0.6) is 0 Å². The Morgan fingerprint density at radius 3 is 2.91 bits per heavy atom. The molecule has 2 heterocycles. The van der Waals surface area contributed by atoms with E-state index in [9.17, 15) is 13.2 Å².